The summed E-state index contributed by atoms with van der Waals surface area (Å²) in [4.78, 5) is 10.1. The maximum atomic E-state index is 5.08. The Bertz CT molecular complexity index is 2790. The molecule has 10 rings (SSSR count). The smallest absolute Gasteiger partial charge is 0.160 e. The highest BCUT2D eigenvalue weighted by Gasteiger charge is 2.24. The second-order valence-electron chi connectivity index (χ2n) is 13.0. The fraction of sp³-hybridized carbons (Fsp3) is 0.0204. The van der Waals surface area contributed by atoms with E-state index in [0.29, 0.717) is 0 Å². The maximum Gasteiger partial charge on any atom is 0.160 e. The number of hydrogen-bond acceptors (Lipinski definition) is 2. The molecule has 2 aromatic heterocycles. The van der Waals surface area contributed by atoms with Crippen molar-refractivity contribution in [3.05, 3.63) is 189 Å². The highest BCUT2D eigenvalue weighted by atomic mass is 15.0. The zero-order valence-electron chi connectivity index (χ0n) is 28.9. The van der Waals surface area contributed by atoms with Crippen molar-refractivity contribution in [2.24, 2.45) is 0 Å². The first-order valence-electron chi connectivity index (χ1n) is 17.7. The average molecular weight is 666 g/mol. The van der Waals surface area contributed by atoms with Crippen LogP contribution < -0.4 is 0 Å². The highest BCUT2D eigenvalue weighted by Crippen LogP contribution is 2.46. The average Bonchev–Trinajstić information content (AvgIpc) is 3.72. The predicted molar refractivity (Wildman–Crippen MR) is 220 cm³/mol. The molecule has 1 aliphatic rings. The van der Waals surface area contributed by atoms with E-state index < -0.39 is 0 Å². The number of para-hydroxylation sites is 2. The van der Waals surface area contributed by atoms with Gasteiger partial charge in [0.05, 0.1) is 22.2 Å². The Morgan fingerprint density at radius 3 is 1.81 bits per heavy atom. The van der Waals surface area contributed by atoms with E-state index in [1.165, 1.54) is 66.4 Å². The van der Waals surface area contributed by atoms with Crippen molar-refractivity contribution in [3.8, 4) is 61.7 Å². The Morgan fingerprint density at radius 1 is 0.500 bits per heavy atom. The first kappa shape index (κ1) is 31.2. The standard InChI is InChI=1S/C44H27N3.C5H8/c1-2-9-33(10-3-1)47-40-16-7-6-12-35(40)38-27-32(25-26-41(38)47)30-19-17-28(18-20-30)29-21-23-31(24-22-29)44-45-39-15-8-14-36-34-11-4-5-13-37(34)43(46-44)42(36)39;1-3-5-4-2/h1-27H;3-5H,1H2,2H3/b;5-4-. The molecule has 52 heavy (non-hydrogen) atoms. The molecule has 0 atom stereocenters. The van der Waals surface area contributed by atoms with Crippen LogP contribution in [0.4, 0.5) is 0 Å². The van der Waals surface area contributed by atoms with Gasteiger partial charge < -0.3 is 4.57 Å². The summed E-state index contributed by atoms with van der Waals surface area (Å²) in [5.41, 5.74) is 15.0. The van der Waals surface area contributed by atoms with Crippen molar-refractivity contribution in [2.75, 3.05) is 0 Å². The van der Waals surface area contributed by atoms with Crippen LogP contribution in [0.1, 0.15) is 6.92 Å². The monoisotopic (exact) mass is 665 g/mol. The Labute approximate surface area is 303 Å². The molecule has 0 saturated carbocycles. The molecule has 0 unspecified atom stereocenters. The van der Waals surface area contributed by atoms with Gasteiger partial charge in [-0.2, -0.15) is 0 Å². The number of allylic oxidation sites excluding steroid dienone is 3. The first-order chi connectivity index (χ1) is 25.7. The summed E-state index contributed by atoms with van der Waals surface area (Å²) in [7, 11) is 0. The Kier molecular flexibility index (Phi) is 7.87. The number of aromatic nitrogens is 3. The van der Waals surface area contributed by atoms with Crippen LogP contribution in [0.25, 0.3) is 94.4 Å². The molecule has 0 radical (unpaired) electrons. The first-order valence-corrected chi connectivity index (χ1v) is 17.7. The molecule has 0 aliphatic heterocycles. The highest BCUT2D eigenvalue weighted by molar-refractivity contribution is 6.13. The molecule has 0 saturated heterocycles. The zero-order chi connectivity index (χ0) is 35.0. The molecule has 3 nitrogen and oxygen atoms in total. The van der Waals surface area contributed by atoms with Crippen LogP contribution in [0.5, 0.6) is 0 Å². The second kappa shape index (κ2) is 13.1. The van der Waals surface area contributed by atoms with Gasteiger partial charge in [-0.05, 0) is 76.7 Å². The zero-order valence-corrected chi connectivity index (χ0v) is 28.9. The number of rotatable bonds is 5. The van der Waals surface area contributed by atoms with Gasteiger partial charge in [-0.25, -0.2) is 9.97 Å². The summed E-state index contributed by atoms with van der Waals surface area (Å²) in [5.74, 6) is 0.757. The lowest BCUT2D eigenvalue weighted by molar-refractivity contribution is 1.18. The van der Waals surface area contributed by atoms with Gasteiger partial charge in [0.1, 0.15) is 0 Å². The molecular formula is C49H35N3. The predicted octanol–water partition coefficient (Wildman–Crippen LogP) is 13.1. The van der Waals surface area contributed by atoms with Crippen molar-refractivity contribution in [1.82, 2.24) is 14.5 Å². The normalized spacial score (nSPS) is 11.6. The van der Waals surface area contributed by atoms with Gasteiger partial charge in [0, 0.05) is 33.0 Å². The molecule has 0 spiro atoms. The van der Waals surface area contributed by atoms with Gasteiger partial charge in [0.25, 0.3) is 0 Å². The number of benzene rings is 7. The number of hydrogen-bond donors (Lipinski definition) is 0. The third kappa shape index (κ3) is 5.31. The fourth-order valence-corrected chi connectivity index (χ4v) is 7.47. The summed E-state index contributed by atoms with van der Waals surface area (Å²) < 4.78 is 2.36. The lowest BCUT2D eigenvalue weighted by Gasteiger charge is -2.09. The SMILES string of the molecule is C=C/C=C\C.c1ccc(-n2c3ccccc3c3cc(-c4ccc(-c5ccc(-c6nc7c8c(cccc8n6)-c6ccccc6-7)cc5)cc4)ccc32)cc1. The van der Waals surface area contributed by atoms with Gasteiger partial charge in [0.2, 0.25) is 0 Å². The molecule has 1 aliphatic carbocycles. The van der Waals surface area contributed by atoms with Crippen molar-refractivity contribution in [2.45, 2.75) is 6.92 Å². The molecular weight excluding hydrogens is 631 g/mol. The maximum absolute atomic E-state index is 5.08. The summed E-state index contributed by atoms with van der Waals surface area (Å²) in [6, 6.07) is 58.5. The van der Waals surface area contributed by atoms with Gasteiger partial charge in [-0.3, -0.25) is 0 Å². The summed E-state index contributed by atoms with van der Waals surface area (Å²) >= 11 is 0. The van der Waals surface area contributed by atoms with Crippen LogP contribution in [-0.2, 0) is 0 Å². The van der Waals surface area contributed by atoms with Crippen LogP contribution in [0.2, 0.25) is 0 Å². The van der Waals surface area contributed by atoms with Crippen molar-refractivity contribution >= 4 is 32.7 Å². The van der Waals surface area contributed by atoms with E-state index in [-0.39, 0.29) is 0 Å². The van der Waals surface area contributed by atoms with E-state index >= 15 is 0 Å². The van der Waals surface area contributed by atoms with Gasteiger partial charge in [0.15, 0.2) is 5.82 Å². The van der Waals surface area contributed by atoms with Crippen LogP contribution >= 0.6 is 0 Å². The van der Waals surface area contributed by atoms with Crippen molar-refractivity contribution < 1.29 is 0 Å². The molecule has 0 bridgehead atoms. The van der Waals surface area contributed by atoms with Gasteiger partial charge >= 0.3 is 0 Å². The molecule has 246 valence electrons. The number of fused-ring (bicyclic) bond motifs is 6. The largest absolute Gasteiger partial charge is 0.309 e. The lowest BCUT2D eigenvalue weighted by Crippen LogP contribution is -1.93. The van der Waals surface area contributed by atoms with Crippen molar-refractivity contribution in [1.29, 1.82) is 0 Å². The van der Waals surface area contributed by atoms with Gasteiger partial charge in [-0.1, -0.05) is 152 Å². The second-order valence-corrected chi connectivity index (χ2v) is 13.0. The summed E-state index contributed by atoms with van der Waals surface area (Å²) in [6.07, 6.45) is 5.58. The minimum atomic E-state index is 0.757. The van der Waals surface area contributed by atoms with E-state index in [2.05, 4.69) is 175 Å². The van der Waals surface area contributed by atoms with E-state index in [0.717, 1.165) is 28.0 Å². The molecule has 0 amide bonds. The van der Waals surface area contributed by atoms with E-state index in [4.69, 9.17) is 9.97 Å². The molecule has 7 aromatic carbocycles. The Balaban J connectivity index is 0.000000677. The fourth-order valence-electron chi connectivity index (χ4n) is 7.47. The van der Waals surface area contributed by atoms with Crippen LogP contribution in [0.15, 0.2) is 189 Å². The van der Waals surface area contributed by atoms with Crippen LogP contribution in [-0.4, -0.2) is 14.5 Å². The summed E-state index contributed by atoms with van der Waals surface area (Å²) in [5, 5.41) is 3.67. The topological polar surface area (TPSA) is 30.7 Å². The molecule has 0 fully saturated rings. The van der Waals surface area contributed by atoms with E-state index in [1.54, 1.807) is 6.08 Å². The van der Waals surface area contributed by atoms with Crippen LogP contribution in [0.3, 0.4) is 0 Å². The lowest BCUT2D eigenvalue weighted by atomic mass is 9.98. The van der Waals surface area contributed by atoms with Crippen LogP contribution in [0, 0.1) is 0 Å². The number of nitrogens with zero attached hydrogens (tertiary/aromatic N) is 3. The molecule has 3 heteroatoms. The minimum Gasteiger partial charge on any atom is -0.309 e. The van der Waals surface area contributed by atoms with Gasteiger partial charge in [-0.15, -0.1) is 0 Å². The minimum absolute atomic E-state index is 0.757. The Morgan fingerprint density at radius 2 is 1.10 bits per heavy atom. The molecule has 0 N–H and O–H groups in total. The third-order valence-electron chi connectivity index (χ3n) is 9.91. The van der Waals surface area contributed by atoms with E-state index in [9.17, 15) is 0 Å². The third-order valence-corrected chi connectivity index (χ3v) is 9.91. The van der Waals surface area contributed by atoms with E-state index in [1.807, 2.05) is 19.1 Å². The molecule has 2 heterocycles. The quantitative estimate of drug-likeness (QED) is 0.171. The molecule has 9 aromatic rings. The summed E-state index contributed by atoms with van der Waals surface area (Å²) in [6.45, 7) is 5.42. The van der Waals surface area contributed by atoms with Crippen molar-refractivity contribution in [3.63, 3.8) is 0 Å². The Hall–Kier alpha value is -6.84.